The van der Waals surface area contributed by atoms with Gasteiger partial charge in [-0.25, -0.2) is 0 Å². The average molecular weight is 475 g/mol. The molecule has 5 rings (SSSR count). The first kappa shape index (κ1) is 19.8. The molecule has 1 N–H and O–H groups in total. The van der Waals surface area contributed by atoms with Gasteiger partial charge < -0.3 is 9.72 Å². The van der Waals surface area contributed by atoms with Gasteiger partial charge in [-0.05, 0) is 55.3 Å². The number of H-pyrrole nitrogens is 1. The third-order valence-electron chi connectivity index (χ3n) is 5.57. The van der Waals surface area contributed by atoms with Crippen molar-refractivity contribution in [2.24, 2.45) is 0 Å². The van der Waals surface area contributed by atoms with Crippen molar-refractivity contribution in [2.75, 3.05) is 6.61 Å². The lowest BCUT2D eigenvalue weighted by atomic mass is 10.0. The molecule has 156 valence electrons. The fraction of sp³-hybridized carbons (Fsp3) is 0.200. The van der Waals surface area contributed by atoms with Gasteiger partial charge in [-0.3, -0.25) is 9.67 Å². The molecule has 3 aromatic heterocycles. The van der Waals surface area contributed by atoms with Gasteiger partial charge in [0.25, 0.3) is 0 Å². The van der Waals surface area contributed by atoms with E-state index < -0.39 is 0 Å². The van der Waals surface area contributed by atoms with Crippen LogP contribution in [0.25, 0.3) is 32.9 Å². The number of pyridine rings is 1. The molecular formula is C25H23BrN4O. The van der Waals surface area contributed by atoms with Gasteiger partial charge >= 0.3 is 0 Å². The van der Waals surface area contributed by atoms with Crippen molar-refractivity contribution in [1.82, 2.24) is 19.7 Å². The Morgan fingerprint density at radius 2 is 1.87 bits per heavy atom. The number of ether oxygens (including phenoxy) is 1. The van der Waals surface area contributed by atoms with E-state index in [1.807, 2.05) is 29.1 Å². The van der Waals surface area contributed by atoms with Crippen molar-refractivity contribution in [3.8, 4) is 16.9 Å². The summed E-state index contributed by atoms with van der Waals surface area (Å²) in [5.41, 5.74) is 6.67. The Bertz CT molecular complexity index is 1350. The number of halogens is 1. The highest BCUT2D eigenvalue weighted by Gasteiger charge is 2.14. The minimum atomic E-state index is 0.580. The second-order valence-corrected chi connectivity index (χ2v) is 8.53. The maximum atomic E-state index is 5.88. The summed E-state index contributed by atoms with van der Waals surface area (Å²) in [7, 11) is 0. The van der Waals surface area contributed by atoms with Crippen LogP contribution in [0.4, 0.5) is 0 Å². The molecule has 0 spiro atoms. The van der Waals surface area contributed by atoms with Crippen LogP contribution in [0.2, 0.25) is 0 Å². The number of aromatic amines is 1. The lowest BCUT2D eigenvalue weighted by molar-refractivity contribution is 0.291. The molecular weight excluding hydrogens is 452 g/mol. The maximum absolute atomic E-state index is 5.88. The molecule has 2 aromatic carbocycles. The van der Waals surface area contributed by atoms with Gasteiger partial charge in [0.05, 0.1) is 23.3 Å². The van der Waals surface area contributed by atoms with Gasteiger partial charge in [0.15, 0.2) is 0 Å². The van der Waals surface area contributed by atoms with Crippen LogP contribution in [0, 0.1) is 6.92 Å². The number of nitrogens with one attached hydrogen (secondary N) is 1. The fourth-order valence-corrected chi connectivity index (χ4v) is 4.47. The van der Waals surface area contributed by atoms with Crippen molar-refractivity contribution in [3.63, 3.8) is 0 Å². The van der Waals surface area contributed by atoms with Crippen molar-refractivity contribution in [3.05, 3.63) is 76.8 Å². The zero-order chi connectivity index (χ0) is 21.4. The Morgan fingerprint density at radius 3 is 2.61 bits per heavy atom. The molecule has 0 bridgehead atoms. The largest absolute Gasteiger partial charge is 0.492 e. The normalized spacial score (nSPS) is 11.5. The van der Waals surface area contributed by atoms with Gasteiger partial charge in [0.1, 0.15) is 12.4 Å². The molecule has 5 nitrogen and oxygen atoms in total. The smallest absolute Gasteiger partial charge is 0.119 e. The Labute approximate surface area is 189 Å². The van der Waals surface area contributed by atoms with Crippen molar-refractivity contribution in [1.29, 1.82) is 0 Å². The predicted molar refractivity (Wildman–Crippen MR) is 129 cm³/mol. The highest BCUT2D eigenvalue weighted by molar-refractivity contribution is 9.10. The molecule has 5 aromatic rings. The van der Waals surface area contributed by atoms with Gasteiger partial charge in [-0.2, -0.15) is 5.10 Å². The molecule has 31 heavy (non-hydrogen) atoms. The Balaban J connectivity index is 1.49. The van der Waals surface area contributed by atoms with Crippen LogP contribution in [0.5, 0.6) is 5.75 Å². The number of fused-ring (bicyclic) bond motifs is 3. The lowest BCUT2D eigenvalue weighted by Gasteiger charge is -2.09. The Hall–Kier alpha value is -3.12. The number of nitrogens with zero attached hydrogens (tertiary/aromatic N) is 3. The minimum absolute atomic E-state index is 0.580. The standard InChI is InChI=1S/C25H23BrN4O/c1-3-19-15-23-22-14-18(26)13-21(25(22)29-24(23)16(2)28-19)17-5-7-20(8-6-17)31-12-11-30-10-4-9-27-30/h4-10,13-15,29H,3,11-12H2,1-2H3. The first-order valence-electron chi connectivity index (χ1n) is 10.4. The number of rotatable bonds is 6. The Kier molecular flexibility index (Phi) is 5.24. The van der Waals surface area contributed by atoms with Crippen LogP contribution >= 0.6 is 15.9 Å². The zero-order valence-electron chi connectivity index (χ0n) is 17.5. The molecule has 0 aliphatic heterocycles. The van der Waals surface area contributed by atoms with Crippen LogP contribution in [0.15, 0.2) is 65.4 Å². The molecule has 0 aliphatic rings. The second kappa shape index (κ2) is 8.19. The van der Waals surface area contributed by atoms with E-state index in [-0.39, 0.29) is 0 Å². The van der Waals surface area contributed by atoms with E-state index in [1.165, 1.54) is 10.8 Å². The van der Waals surface area contributed by atoms with Crippen LogP contribution < -0.4 is 4.74 Å². The second-order valence-electron chi connectivity index (χ2n) is 7.62. The first-order valence-corrected chi connectivity index (χ1v) is 11.2. The first-order chi connectivity index (χ1) is 15.1. The molecule has 0 aliphatic carbocycles. The van der Waals surface area contributed by atoms with Crippen LogP contribution in [-0.4, -0.2) is 26.4 Å². The fourth-order valence-electron chi connectivity index (χ4n) is 4.02. The summed E-state index contributed by atoms with van der Waals surface area (Å²) in [6.45, 7) is 5.52. The van der Waals surface area contributed by atoms with Crippen LogP contribution in [0.3, 0.4) is 0 Å². The SMILES string of the molecule is CCc1cc2c([nH]c3c(-c4ccc(OCCn5cccn5)cc4)cc(Br)cc32)c(C)n1. The quantitative estimate of drug-likeness (QED) is 0.314. The molecule has 0 radical (unpaired) electrons. The van der Waals surface area contributed by atoms with Gasteiger partial charge in [-0.1, -0.05) is 35.0 Å². The van der Waals surface area contributed by atoms with Gasteiger partial charge in [0, 0.05) is 38.9 Å². The number of aromatic nitrogens is 4. The summed E-state index contributed by atoms with van der Waals surface area (Å²) in [6.07, 6.45) is 4.64. The number of hydrogen-bond acceptors (Lipinski definition) is 3. The van der Waals surface area contributed by atoms with Crippen LogP contribution in [0.1, 0.15) is 18.3 Å². The molecule has 0 saturated heterocycles. The van der Waals surface area contributed by atoms with Gasteiger partial charge in [-0.15, -0.1) is 0 Å². The minimum Gasteiger partial charge on any atom is -0.492 e. The average Bonchev–Trinajstić information content (AvgIpc) is 3.42. The Morgan fingerprint density at radius 1 is 1.06 bits per heavy atom. The molecule has 0 atom stereocenters. The summed E-state index contributed by atoms with van der Waals surface area (Å²) in [4.78, 5) is 8.36. The van der Waals surface area contributed by atoms with Crippen molar-refractivity contribution < 1.29 is 4.74 Å². The summed E-state index contributed by atoms with van der Waals surface area (Å²) >= 11 is 3.71. The van der Waals surface area contributed by atoms with Gasteiger partial charge in [0.2, 0.25) is 0 Å². The molecule has 6 heteroatoms. The highest BCUT2D eigenvalue weighted by atomic mass is 79.9. The maximum Gasteiger partial charge on any atom is 0.119 e. The summed E-state index contributed by atoms with van der Waals surface area (Å²) in [6, 6.07) is 16.7. The molecule has 0 amide bonds. The van der Waals surface area contributed by atoms with Crippen molar-refractivity contribution >= 4 is 37.7 Å². The van der Waals surface area contributed by atoms with E-state index >= 15 is 0 Å². The third-order valence-corrected chi connectivity index (χ3v) is 6.03. The number of benzene rings is 2. The van der Waals surface area contributed by atoms with E-state index in [2.05, 4.69) is 70.2 Å². The predicted octanol–water partition coefficient (Wildman–Crippen LogP) is 6.29. The molecule has 0 fully saturated rings. The van der Waals surface area contributed by atoms with E-state index in [0.717, 1.165) is 56.7 Å². The third kappa shape index (κ3) is 3.83. The topological polar surface area (TPSA) is 55.7 Å². The summed E-state index contributed by atoms with van der Waals surface area (Å²) in [5, 5.41) is 6.63. The highest BCUT2D eigenvalue weighted by Crippen LogP contribution is 2.37. The van der Waals surface area contributed by atoms with Crippen LogP contribution in [-0.2, 0) is 13.0 Å². The molecule has 3 heterocycles. The molecule has 0 saturated carbocycles. The summed E-state index contributed by atoms with van der Waals surface area (Å²) < 4.78 is 8.81. The van der Waals surface area contributed by atoms with Crippen molar-refractivity contribution in [2.45, 2.75) is 26.8 Å². The zero-order valence-corrected chi connectivity index (χ0v) is 19.1. The van der Waals surface area contributed by atoms with E-state index in [1.54, 1.807) is 6.20 Å². The van der Waals surface area contributed by atoms with E-state index in [9.17, 15) is 0 Å². The number of aryl methyl sites for hydroxylation is 2. The molecule has 0 unspecified atom stereocenters. The van der Waals surface area contributed by atoms with E-state index in [0.29, 0.717) is 6.61 Å². The lowest BCUT2D eigenvalue weighted by Crippen LogP contribution is -2.08. The number of hydrogen-bond donors (Lipinski definition) is 1. The van der Waals surface area contributed by atoms with E-state index in [4.69, 9.17) is 9.72 Å². The monoisotopic (exact) mass is 474 g/mol. The summed E-state index contributed by atoms with van der Waals surface area (Å²) in [5.74, 6) is 0.853.